The van der Waals surface area contributed by atoms with Gasteiger partial charge in [-0.05, 0) is 61.4 Å². The van der Waals surface area contributed by atoms with Crippen LogP contribution in [0.25, 0.3) is 0 Å². The molecule has 2 aromatic rings. The molecule has 0 aliphatic carbocycles. The third-order valence-corrected chi connectivity index (χ3v) is 5.46. The number of aryl methyl sites for hydroxylation is 3. The highest BCUT2D eigenvalue weighted by Gasteiger charge is 2.28. The Morgan fingerprint density at radius 1 is 0.966 bits per heavy atom. The van der Waals surface area contributed by atoms with E-state index in [1.807, 2.05) is 51.1 Å². The van der Waals surface area contributed by atoms with Crippen molar-refractivity contribution in [2.24, 2.45) is 0 Å². The molecule has 0 heterocycles. The normalized spacial score (nSPS) is 11.8. The number of rotatable bonds is 9. The van der Waals surface area contributed by atoms with Gasteiger partial charge < -0.3 is 10.2 Å². The number of benzene rings is 2. The van der Waals surface area contributed by atoms with Gasteiger partial charge in [0.2, 0.25) is 11.8 Å². The fourth-order valence-electron chi connectivity index (χ4n) is 3.45. The molecule has 0 radical (unpaired) electrons. The zero-order chi connectivity index (χ0) is 21.4. The standard InChI is InChI=1S/C25H34N2O2/c1-6-14-26-25(29)23(7-2)27(17-22-11-9-8-10-19(22)4)24(28)16-21-13-12-18(3)20(5)15-21/h8-13,15,23H,6-7,14,16-17H2,1-5H3,(H,26,29)/t23-/m1/s1. The summed E-state index contributed by atoms with van der Waals surface area (Å²) in [6.45, 7) is 11.2. The Bertz CT molecular complexity index is 844. The van der Waals surface area contributed by atoms with Crippen LogP contribution in [0.2, 0.25) is 0 Å². The summed E-state index contributed by atoms with van der Waals surface area (Å²) in [6.07, 6.45) is 1.75. The Balaban J connectivity index is 2.30. The molecule has 0 unspecified atom stereocenters. The molecule has 4 nitrogen and oxygen atoms in total. The lowest BCUT2D eigenvalue weighted by atomic mass is 10.0. The van der Waals surface area contributed by atoms with E-state index in [1.165, 1.54) is 11.1 Å². The summed E-state index contributed by atoms with van der Waals surface area (Å²) < 4.78 is 0. The first-order chi connectivity index (χ1) is 13.9. The number of amides is 2. The van der Waals surface area contributed by atoms with Crippen molar-refractivity contribution in [3.8, 4) is 0 Å². The van der Waals surface area contributed by atoms with E-state index >= 15 is 0 Å². The van der Waals surface area contributed by atoms with Gasteiger partial charge in [0.05, 0.1) is 6.42 Å². The van der Waals surface area contributed by atoms with E-state index in [0.29, 0.717) is 25.9 Å². The third-order valence-electron chi connectivity index (χ3n) is 5.46. The van der Waals surface area contributed by atoms with Crippen LogP contribution in [-0.2, 0) is 22.6 Å². The molecule has 2 rings (SSSR count). The van der Waals surface area contributed by atoms with Gasteiger partial charge in [0.25, 0.3) is 0 Å². The van der Waals surface area contributed by atoms with Gasteiger partial charge in [0.15, 0.2) is 0 Å². The maximum absolute atomic E-state index is 13.3. The first-order valence-electron chi connectivity index (χ1n) is 10.5. The summed E-state index contributed by atoms with van der Waals surface area (Å²) in [5.74, 6) is -0.0913. The molecule has 0 fully saturated rings. The van der Waals surface area contributed by atoms with E-state index in [9.17, 15) is 9.59 Å². The maximum atomic E-state index is 13.3. The van der Waals surface area contributed by atoms with Crippen LogP contribution < -0.4 is 5.32 Å². The van der Waals surface area contributed by atoms with Crippen molar-refractivity contribution in [1.29, 1.82) is 0 Å². The molecule has 0 spiro atoms. The number of carbonyl (C=O) groups is 2. The summed E-state index contributed by atoms with van der Waals surface area (Å²) in [5.41, 5.74) is 5.57. The summed E-state index contributed by atoms with van der Waals surface area (Å²) in [5, 5.41) is 2.97. The van der Waals surface area contributed by atoms with Crippen molar-refractivity contribution in [2.45, 2.75) is 66.5 Å². The van der Waals surface area contributed by atoms with Gasteiger partial charge in [-0.1, -0.05) is 56.3 Å². The molecule has 0 saturated carbocycles. The van der Waals surface area contributed by atoms with Gasteiger partial charge in [0, 0.05) is 13.1 Å². The molecule has 2 aromatic carbocycles. The first-order valence-corrected chi connectivity index (χ1v) is 10.5. The van der Waals surface area contributed by atoms with E-state index in [0.717, 1.165) is 23.1 Å². The van der Waals surface area contributed by atoms with Gasteiger partial charge in [-0.25, -0.2) is 0 Å². The Hall–Kier alpha value is -2.62. The Kier molecular flexibility index (Phi) is 8.44. The molecule has 156 valence electrons. The average Bonchev–Trinajstić information content (AvgIpc) is 2.70. The van der Waals surface area contributed by atoms with Crippen molar-refractivity contribution < 1.29 is 9.59 Å². The van der Waals surface area contributed by atoms with Crippen molar-refractivity contribution >= 4 is 11.8 Å². The number of nitrogens with one attached hydrogen (secondary N) is 1. The third kappa shape index (κ3) is 6.18. The molecule has 4 heteroatoms. The SMILES string of the molecule is CCCNC(=O)[C@@H](CC)N(Cc1ccccc1C)C(=O)Cc1ccc(C)c(C)c1. The van der Waals surface area contributed by atoms with Crippen molar-refractivity contribution in [3.63, 3.8) is 0 Å². The second-order valence-electron chi connectivity index (χ2n) is 7.76. The van der Waals surface area contributed by atoms with E-state index in [4.69, 9.17) is 0 Å². The van der Waals surface area contributed by atoms with Crippen LogP contribution in [0.3, 0.4) is 0 Å². The van der Waals surface area contributed by atoms with Crippen molar-refractivity contribution in [3.05, 3.63) is 70.3 Å². The van der Waals surface area contributed by atoms with Crippen LogP contribution in [-0.4, -0.2) is 29.3 Å². The lowest BCUT2D eigenvalue weighted by molar-refractivity contribution is -0.140. The highest BCUT2D eigenvalue weighted by Crippen LogP contribution is 2.18. The molecule has 0 saturated heterocycles. The van der Waals surface area contributed by atoms with Crippen LogP contribution >= 0.6 is 0 Å². The number of hydrogen-bond acceptors (Lipinski definition) is 2. The molecule has 1 N–H and O–H groups in total. The molecule has 0 aromatic heterocycles. The van der Waals surface area contributed by atoms with Crippen molar-refractivity contribution in [1.82, 2.24) is 10.2 Å². The largest absolute Gasteiger partial charge is 0.354 e. The fraction of sp³-hybridized carbons (Fsp3) is 0.440. The van der Waals surface area contributed by atoms with Crippen LogP contribution in [0.1, 0.15) is 54.5 Å². The zero-order valence-corrected chi connectivity index (χ0v) is 18.4. The summed E-state index contributed by atoms with van der Waals surface area (Å²) in [4.78, 5) is 27.9. The second kappa shape index (κ2) is 10.8. The maximum Gasteiger partial charge on any atom is 0.242 e. The monoisotopic (exact) mass is 394 g/mol. The predicted octanol–water partition coefficient (Wildman–Crippen LogP) is 4.49. The quantitative estimate of drug-likeness (QED) is 0.681. The molecule has 0 aliphatic rings. The highest BCUT2D eigenvalue weighted by molar-refractivity contribution is 5.88. The van der Waals surface area contributed by atoms with E-state index < -0.39 is 6.04 Å². The predicted molar refractivity (Wildman–Crippen MR) is 119 cm³/mol. The van der Waals surface area contributed by atoms with Gasteiger partial charge in [0.1, 0.15) is 6.04 Å². The van der Waals surface area contributed by atoms with Crippen LogP contribution in [0.15, 0.2) is 42.5 Å². The summed E-state index contributed by atoms with van der Waals surface area (Å²) >= 11 is 0. The van der Waals surface area contributed by atoms with Gasteiger partial charge >= 0.3 is 0 Å². The number of hydrogen-bond donors (Lipinski definition) is 1. The molecule has 1 atom stereocenters. The minimum Gasteiger partial charge on any atom is -0.354 e. The van der Waals surface area contributed by atoms with Crippen LogP contribution in [0.5, 0.6) is 0 Å². The van der Waals surface area contributed by atoms with Crippen LogP contribution in [0.4, 0.5) is 0 Å². The molecular formula is C25H34N2O2. The van der Waals surface area contributed by atoms with E-state index in [1.54, 1.807) is 4.90 Å². The fourth-order valence-corrected chi connectivity index (χ4v) is 3.45. The topological polar surface area (TPSA) is 49.4 Å². The molecule has 29 heavy (non-hydrogen) atoms. The summed E-state index contributed by atoms with van der Waals surface area (Å²) in [7, 11) is 0. The molecule has 0 bridgehead atoms. The first kappa shape index (κ1) is 22.7. The van der Waals surface area contributed by atoms with E-state index in [2.05, 4.69) is 31.3 Å². The Labute approximate surface area is 175 Å². The number of nitrogens with zero attached hydrogens (tertiary/aromatic N) is 1. The average molecular weight is 395 g/mol. The minimum absolute atomic E-state index is 0.0185. The van der Waals surface area contributed by atoms with Gasteiger partial charge in [-0.3, -0.25) is 9.59 Å². The van der Waals surface area contributed by atoms with Gasteiger partial charge in [-0.15, -0.1) is 0 Å². The zero-order valence-electron chi connectivity index (χ0n) is 18.4. The lowest BCUT2D eigenvalue weighted by Crippen LogP contribution is -2.49. The molecular weight excluding hydrogens is 360 g/mol. The lowest BCUT2D eigenvalue weighted by Gasteiger charge is -2.31. The Morgan fingerprint density at radius 2 is 1.69 bits per heavy atom. The van der Waals surface area contributed by atoms with Crippen molar-refractivity contribution in [2.75, 3.05) is 6.54 Å². The molecule has 0 aliphatic heterocycles. The number of carbonyl (C=O) groups excluding carboxylic acids is 2. The highest BCUT2D eigenvalue weighted by atomic mass is 16.2. The van der Waals surface area contributed by atoms with Gasteiger partial charge in [-0.2, -0.15) is 0 Å². The summed E-state index contributed by atoms with van der Waals surface area (Å²) in [6, 6.07) is 13.7. The molecule has 2 amide bonds. The second-order valence-corrected chi connectivity index (χ2v) is 7.76. The van der Waals surface area contributed by atoms with Crippen LogP contribution in [0, 0.1) is 20.8 Å². The Morgan fingerprint density at radius 3 is 2.31 bits per heavy atom. The minimum atomic E-state index is -0.472. The van der Waals surface area contributed by atoms with E-state index in [-0.39, 0.29) is 11.8 Å². The smallest absolute Gasteiger partial charge is 0.242 e.